The summed E-state index contributed by atoms with van der Waals surface area (Å²) in [6, 6.07) is 0. The Labute approximate surface area is 96.2 Å². The molecule has 0 aromatic carbocycles. The molecule has 10 heteroatoms. The summed E-state index contributed by atoms with van der Waals surface area (Å²) in [4.78, 5) is 20.3. The molecule has 0 saturated carbocycles. The van der Waals surface area contributed by atoms with Crippen molar-refractivity contribution < 1.29 is 46.1 Å². The number of halogens is 6. The van der Waals surface area contributed by atoms with Gasteiger partial charge in [-0.15, -0.1) is 0 Å². The van der Waals surface area contributed by atoms with Crippen molar-refractivity contribution >= 4 is 11.9 Å². The van der Waals surface area contributed by atoms with E-state index in [-0.39, 0.29) is 0 Å². The second kappa shape index (κ2) is 5.44. The van der Waals surface area contributed by atoms with E-state index in [0.29, 0.717) is 0 Å². The molecule has 2 atom stereocenters. The molecule has 0 bridgehead atoms. The van der Waals surface area contributed by atoms with Crippen molar-refractivity contribution in [3.63, 3.8) is 0 Å². The molecule has 0 aromatic heterocycles. The van der Waals surface area contributed by atoms with E-state index in [2.05, 4.69) is 0 Å². The van der Waals surface area contributed by atoms with Crippen molar-refractivity contribution in [2.24, 2.45) is 11.8 Å². The predicted octanol–water partition coefficient (Wildman–Crippen LogP) is 2.29. The molecule has 0 saturated heterocycles. The van der Waals surface area contributed by atoms with Gasteiger partial charge in [-0.25, -0.2) is 0 Å². The standard InChI is InChI=1S/C8H8F6O4/c9-7(10,11)3(1-5(15)16)4(2-6(17)18)8(12,13)14/h3-4H,1-2H2,(H,15,16)(H,17,18)/t3-,4-/m1/s1. The molecule has 0 unspecified atom stereocenters. The summed E-state index contributed by atoms with van der Waals surface area (Å²) in [5.74, 6) is -10.7. The van der Waals surface area contributed by atoms with Gasteiger partial charge < -0.3 is 10.2 Å². The third-order valence-electron chi connectivity index (χ3n) is 2.12. The van der Waals surface area contributed by atoms with E-state index in [1.54, 1.807) is 0 Å². The molecule has 0 heterocycles. The van der Waals surface area contributed by atoms with E-state index in [1.165, 1.54) is 0 Å². The molecule has 4 nitrogen and oxygen atoms in total. The van der Waals surface area contributed by atoms with Crippen molar-refractivity contribution in [3.8, 4) is 0 Å². The monoisotopic (exact) mass is 282 g/mol. The Morgan fingerprint density at radius 2 is 1.00 bits per heavy atom. The molecule has 0 aliphatic carbocycles. The minimum Gasteiger partial charge on any atom is -0.481 e. The van der Waals surface area contributed by atoms with Crippen LogP contribution in [0.5, 0.6) is 0 Å². The molecule has 0 aromatic rings. The molecule has 0 radical (unpaired) electrons. The Bertz CT molecular complexity index is 289. The second-order valence-corrected chi connectivity index (χ2v) is 3.49. The third kappa shape index (κ3) is 5.23. The van der Waals surface area contributed by atoms with E-state index in [9.17, 15) is 35.9 Å². The van der Waals surface area contributed by atoms with E-state index in [4.69, 9.17) is 10.2 Å². The first-order valence-electron chi connectivity index (χ1n) is 4.42. The molecule has 0 spiro atoms. The number of carboxylic acids is 2. The lowest BCUT2D eigenvalue weighted by atomic mass is 9.85. The first-order valence-corrected chi connectivity index (χ1v) is 4.42. The van der Waals surface area contributed by atoms with Crippen molar-refractivity contribution in [3.05, 3.63) is 0 Å². The molecule has 18 heavy (non-hydrogen) atoms. The van der Waals surface area contributed by atoms with Gasteiger partial charge in [0.2, 0.25) is 0 Å². The van der Waals surface area contributed by atoms with Crippen LogP contribution in [0.4, 0.5) is 26.3 Å². The van der Waals surface area contributed by atoms with Gasteiger partial charge in [0.05, 0.1) is 24.7 Å². The minimum absolute atomic E-state index is 1.83. The molecule has 106 valence electrons. The Balaban J connectivity index is 5.34. The van der Waals surface area contributed by atoms with Gasteiger partial charge >= 0.3 is 24.3 Å². The molecular formula is C8H8F6O4. The van der Waals surface area contributed by atoms with Crippen LogP contribution in [0.25, 0.3) is 0 Å². The lowest BCUT2D eigenvalue weighted by molar-refractivity contribution is -0.256. The largest absolute Gasteiger partial charge is 0.481 e. The van der Waals surface area contributed by atoms with Gasteiger partial charge in [-0.3, -0.25) is 9.59 Å². The van der Waals surface area contributed by atoms with E-state index >= 15 is 0 Å². The Morgan fingerprint density at radius 3 is 1.11 bits per heavy atom. The summed E-state index contributed by atoms with van der Waals surface area (Å²) < 4.78 is 74.1. The van der Waals surface area contributed by atoms with Crippen LogP contribution in [0.3, 0.4) is 0 Å². The highest BCUT2D eigenvalue weighted by molar-refractivity contribution is 5.69. The fraction of sp³-hybridized carbons (Fsp3) is 0.750. The van der Waals surface area contributed by atoms with Gasteiger partial charge in [0.1, 0.15) is 0 Å². The molecule has 0 amide bonds. The predicted molar refractivity (Wildman–Crippen MR) is 43.6 cm³/mol. The summed E-state index contributed by atoms with van der Waals surface area (Å²) in [6.07, 6.45) is -14.6. The van der Waals surface area contributed by atoms with Crippen LogP contribution < -0.4 is 0 Å². The van der Waals surface area contributed by atoms with Gasteiger partial charge in [0.15, 0.2) is 0 Å². The van der Waals surface area contributed by atoms with Gasteiger partial charge in [0.25, 0.3) is 0 Å². The highest BCUT2D eigenvalue weighted by Gasteiger charge is 2.56. The molecule has 2 N–H and O–H groups in total. The van der Waals surface area contributed by atoms with Crippen molar-refractivity contribution in [1.82, 2.24) is 0 Å². The van der Waals surface area contributed by atoms with Crippen LogP contribution in [0.15, 0.2) is 0 Å². The van der Waals surface area contributed by atoms with Crippen LogP contribution in [-0.2, 0) is 9.59 Å². The van der Waals surface area contributed by atoms with E-state index in [0.717, 1.165) is 0 Å². The van der Waals surface area contributed by atoms with Gasteiger partial charge in [-0.1, -0.05) is 0 Å². The zero-order valence-electron chi connectivity index (χ0n) is 8.55. The lowest BCUT2D eigenvalue weighted by Crippen LogP contribution is -2.41. The van der Waals surface area contributed by atoms with Crippen LogP contribution in [0, 0.1) is 11.8 Å². The molecule has 0 aliphatic heterocycles. The van der Waals surface area contributed by atoms with Gasteiger partial charge in [-0.05, 0) is 0 Å². The number of hydrogen-bond donors (Lipinski definition) is 2. The highest BCUT2D eigenvalue weighted by atomic mass is 19.4. The maximum absolute atomic E-state index is 12.4. The Kier molecular flexibility index (Phi) is 4.99. The Morgan fingerprint density at radius 1 is 0.778 bits per heavy atom. The number of rotatable bonds is 5. The maximum atomic E-state index is 12.4. The van der Waals surface area contributed by atoms with E-state index < -0.39 is 49.0 Å². The topological polar surface area (TPSA) is 74.6 Å². The first kappa shape index (κ1) is 16.5. The second-order valence-electron chi connectivity index (χ2n) is 3.49. The zero-order valence-corrected chi connectivity index (χ0v) is 8.55. The van der Waals surface area contributed by atoms with Crippen LogP contribution in [0.2, 0.25) is 0 Å². The zero-order chi connectivity index (χ0) is 14.7. The van der Waals surface area contributed by atoms with Gasteiger partial charge in [0, 0.05) is 0 Å². The normalized spacial score (nSPS) is 16.1. The quantitative estimate of drug-likeness (QED) is 0.759. The maximum Gasteiger partial charge on any atom is 0.393 e. The summed E-state index contributed by atoms with van der Waals surface area (Å²) in [5.41, 5.74) is 0. The van der Waals surface area contributed by atoms with Crippen molar-refractivity contribution in [1.29, 1.82) is 0 Å². The fourth-order valence-corrected chi connectivity index (χ4v) is 1.35. The summed E-state index contributed by atoms with van der Waals surface area (Å²) in [6.45, 7) is 0. The van der Waals surface area contributed by atoms with Crippen molar-refractivity contribution in [2.75, 3.05) is 0 Å². The van der Waals surface area contributed by atoms with E-state index in [1.807, 2.05) is 0 Å². The number of hydrogen-bond acceptors (Lipinski definition) is 2. The fourth-order valence-electron chi connectivity index (χ4n) is 1.35. The van der Waals surface area contributed by atoms with Crippen molar-refractivity contribution in [2.45, 2.75) is 25.2 Å². The molecular weight excluding hydrogens is 274 g/mol. The van der Waals surface area contributed by atoms with Gasteiger partial charge in [-0.2, -0.15) is 26.3 Å². The Hall–Kier alpha value is -1.48. The molecule has 0 fully saturated rings. The third-order valence-corrected chi connectivity index (χ3v) is 2.12. The first-order chi connectivity index (χ1) is 7.85. The molecule has 0 aliphatic rings. The minimum atomic E-state index is -5.45. The summed E-state index contributed by atoms with van der Waals surface area (Å²) >= 11 is 0. The summed E-state index contributed by atoms with van der Waals surface area (Å²) in [5, 5.41) is 16.4. The lowest BCUT2D eigenvalue weighted by Gasteiger charge is -2.28. The number of carbonyl (C=O) groups is 2. The number of carboxylic acid groups (broad SMARTS) is 2. The average molecular weight is 282 g/mol. The smallest absolute Gasteiger partial charge is 0.393 e. The van der Waals surface area contributed by atoms with Crippen LogP contribution in [0.1, 0.15) is 12.8 Å². The van der Waals surface area contributed by atoms with Crippen LogP contribution >= 0.6 is 0 Å². The highest BCUT2D eigenvalue weighted by Crippen LogP contribution is 2.44. The number of aliphatic carboxylic acids is 2. The summed E-state index contributed by atoms with van der Waals surface area (Å²) in [7, 11) is 0. The number of alkyl halides is 6. The van der Waals surface area contributed by atoms with Crippen LogP contribution in [-0.4, -0.2) is 34.5 Å². The average Bonchev–Trinajstić information content (AvgIpc) is 2.06. The molecule has 0 rings (SSSR count). The SMILES string of the molecule is O=C(O)C[C@H]([C@@H](CC(=O)O)C(F)(F)F)C(F)(F)F.